The molecule has 4 nitrogen and oxygen atoms in total. The minimum absolute atomic E-state index is 0.437. The summed E-state index contributed by atoms with van der Waals surface area (Å²) in [7, 11) is 1.78. The number of hydrogen-bond donors (Lipinski definition) is 2. The van der Waals surface area contributed by atoms with Crippen LogP contribution < -0.4 is 5.73 Å². The van der Waals surface area contributed by atoms with E-state index in [-0.39, 0.29) is 0 Å². The minimum atomic E-state index is -0.567. The summed E-state index contributed by atoms with van der Waals surface area (Å²) in [5.41, 5.74) is 5.04. The second-order valence-electron chi connectivity index (χ2n) is 2.68. The van der Waals surface area contributed by atoms with Crippen molar-refractivity contribution in [3.8, 4) is 0 Å². The summed E-state index contributed by atoms with van der Waals surface area (Å²) in [5.74, 6) is -0.437. The van der Waals surface area contributed by atoms with E-state index in [2.05, 4.69) is 0 Å². The van der Waals surface area contributed by atoms with Crippen molar-refractivity contribution in [3.05, 3.63) is 0 Å². The van der Waals surface area contributed by atoms with E-state index in [1.165, 1.54) is 0 Å². The van der Waals surface area contributed by atoms with Crippen LogP contribution in [0.1, 0.15) is 6.42 Å². The van der Waals surface area contributed by atoms with Gasteiger partial charge >= 0.3 is 0 Å². The quantitative estimate of drug-likeness (QED) is 0.472. The van der Waals surface area contributed by atoms with E-state index in [1.54, 1.807) is 11.9 Å². The molecule has 3 N–H and O–H groups in total. The van der Waals surface area contributed by atoms with E-state index >= 15 is 0 Å². The van der Waals surface area contributed by atoms with E-state index in [9.17, 15) is 9.90 Å². The smallest absolute Gasteiger partial charge is 0.237 e. The predicted molar refractivity (Wildman–Crippen MR) is 36.2 cm³/mol. The van der Waals surface area contributed by atoms with Crippen LogP contribution >= 0.6 is 0 Å². The number of aliphatic hydroxyl groups is 1. The molecule has 1 heterocycles. The molecule has 2 atom stereocenters. The van der Waals surface area contributed by atoms with Crippen LogP contribution in [0.15, 0.2) is 0 Å². The van der Waals surface area contributed by atoms with Crippen LogP contribution in [0.4, 0.5) is 0 Å². The fourth-order valence-electron chi connectivity index (χ4n) is 1.33. The molecule has 0 aromatic rings. The number of rotatable bonds is 1. The standard InChI is InChI=1S/C6H12N2O2/c1-8-3-2-4(9)5(8)6(7)10/h4-5,9H,2-3H2,1H3,(H2,7,10)/t4-,5-/m0/s1. The van der Waals surface area contributed by atoms with E-state index in [0.717, 1.165) is 6.54 Å². The molecule has 0 bridgehead atoms. The highest BCUT2D eigenvalue weighted by Crippen LogP contribution is 2.14. The molecule has 10 heavy (non-hydrogen) atoms. The second-order valence-corrected chi connectivity index (χ2v) is 2.68. The third kappa shape index (κ3) is 1.12. The lowest BCUT2D eigenvalue weighted by Crippen LogP contribution is -2.43. The first kappa shape index (κ1) is 7.50. The molecule has 0 saturated carbocycles. The van der Waals surface area contributed by atoms with Crippen molar-refractivity contribution >= 4 is 5.91 Å². The molecule has 0 aromatic heterocycles. The summed E-state index contributed by atoms with van der Waals surface area (Å²) < 4.78 is 0. The molecule has 0 aliphatic carbocycles. The molecule has 0 aromatic carbocycles. The van der Waals surface area contributed by atoms with E-state index in [4.69, 9.17) is 5.73 Å². The molecule has 0 unspecified atom stereocenters. The number of nitrogens with zero attached hydrogens (tertiary/aromatic N) is 1. The van der Waals surface area contributed by atoms with Gasteiger partial charge in [0.1, 0.15) is 6.04 Å². The van der Waals surface area contributed by atoms with Gasteiger partial charge in [0, 0.05) is 6.54 Å². The zero-order valence-electron chi connectivity index (χ0n) is 5.95. The molecule has 0 spiro atoms. The van der Waals surface area contributed by atoms with Gasteiger partial charge in [-0.3, -0.25) is 9.69 Å². The van der Waals surface area contributed by atoms with E-state index in [1.807, 2.05) is 0 Å². The van der Waals surface area contributed by atoms with Crippen LogP contribution in [0.5, 0.6) is 0 Å². The zero-order valence-corrected chi connectivity index (χ0v) is 5.95. The number of carbonyl (C=O) groups is 1. The lowest BCUT2D eigenvalue weighted by Gasteiger charge is -2.17. The minimum Gasteiger partial charge on any atom is -0.391 e. The SMILES string of the molecule is CN1CC[C@H](O)[C@H]1C(N)=O. The lowest BCUT2D eigenvalue weighted by atomic mass is 10.2. The molecular formula is C6H12N2O2. The van der Waals surface area contributed by atoms with Gasteiger partial charge in [-0.1, -0.05) is 0 Å². The Bertz CT molecular complexity index is 139. The molecule has 1 aliphatic heterocycles. The van der Waals surface area contributed by atoms with Crippen LogP contribution in [0.2, 0.25) is 0 Å². The van der Waals surface area contributed by atoms with Crippen LogP contribution in [-0.4, -0.2) is 41.7 Å². The number of hydrogen-bond acceptors (Lipinski definition) is 3. The highest BCUT2D eigenvalue weighted by atomic mass is 16.3. The van der Waals surface area contributed by atoms with Gasteiger partial charge < -0.3 is 10.8 Å². The summed E-state index contributed by atoms with van der Waals surface area (Å²) >= 11 is 0. The topological polar surface area (TPSA) is 66.6 Å². The first-order chi connectivity index (χ1) is 4.63. The number of aliphatic hydroxyl groups excluding tert-OH is 1. The Morgan fingerprint density at radius 2 is 2.40 bits per heavy atom. The van der Waals surface area contributed by atoms with Crippen molar-refractivity contribution in [2.45, 2.75) is 18.6 Å². The predicted octanol–water partition coefficient (Wildman–Crippen LogP) is -1.46. The van der Waals surface area contributed by atoms with Gasteiger partial charge in [-0.2, -0.15) is 0 Å². The number of nitrogens with two attached hydrogens (primary N) is 1. The van der Waals surface area contributed by atoms with Gasteiger partial charge in [-0.15, -0.1) is 0 Å². The van der Waals surface area contributed by atoms with Gasteiger partial charge in [-0.05, 0) is 13.5 Å². The Kier molecular flexibility index (Phi) is 1.92. The summed E-state index contributed by atoms with van der Waals surface area (Å²) in [5, 5.41) is 9.19. The Labute approximate surface area is 59.6 Å². The van der Waals surface area contributed by atoms with Crippen molar-refractivity contribution in [2.24, 2.45) is 5.73 Å². The van der Waals surface area contributed by atoms with E-state index < -0.39 is 18.1 Å². The molecule has 1 amide bonds. The monoisotopic (exact) mass is 144 g/mol. The number of likely N-dealkylation sites (tertiary alicyclic amines) is 1. The lowest BCUT2D eigenvalue weighted by molar-refractivity contribution is -0.124. The maximum atomic E-state index is 10.6. The van der Waals surface area contributed by atoms with Crippen molar-refractivity contribution < 1.29 is 9.90 Å². The zero-order chi connectivity index (χ0) is 7.72. The fraction of sp³-hybridized carbons (Fsp3) is 0.833. The normalized spacial score (nSPS) is 34.6. The van der Waals surface area contributed by atoms with Crippen molar-refractivity contribution in [1.29, 1.82) is 0 Å². The maximum Gasteiger partial charge on any atom is 0.237 e. The van der Waals surface area contributed by atoms with Crippen LogP contribution in [0.3, 0.4) is 0 Å². The Hall–Kier alpha value is -0.610. The Balaban J connectivity index is 2.63. The molecule has 4 heteroatoms. The Morgan fingerprint density at radius 3 is 2.60 bits per heavy atom. The summed E-state index contributed by atoms with van der Waals surface area (Å²) in [6.45, 7) is 0.745. The maximum absolute atomic E-state index is 10.6. The number of amides is 1. The molecule has 1 fully saturated rings. The third-order valence-electron chi connectivity index (χ3n) is 1.91. The average Bonchev–Trinajstić information content (AvgIpc) is 2.11. The summed E-state index contributed by atoms with van der Waals surface area (Å²) in [4.78, 5) is 12.4. The van der Waals surface area contributed by atoms with Crippen molar-refractivity contribution in [1.82, 2.24) is 4.90 Å². The molecular weight excluding hydrogens is 132 g/mol. The fourth-order valence-corrected chi connectivity index (χ4v) is 1.33. The Morgan fingerprint density at radius 1 is 1.80 bits per heavy atom. The van der Waals surface area contributed by atoms with Gasteiger partial charge in [0.2, 0.25) is 5.91 Å². The van der Waals surface area contributed by atoms with E-state index in [0.29, 0.717) is 6.42 Å². The van der Waals surface area contributed by atoms with Crippen LogP contribution in [0.25, 0.3) is 0 Å². The van der Waals surface area contributed by atoms with Gasteiger partial charge in [0.25, 0.3) is 0 Å². The number of likely N-dealkylation sites (N-methyl/N-ethyl adjacent to an activating group) is 1. The van der Waals surface area contributed by atoms with Gasteiger partial charge in [0.15, 0.2) is 0 Å². The highest BCUT2D eigenvalue weighted by Gasteiger charge is 2.34. The summed E-state index contributed by atoms with van der Waals surface area (Å²) in [6, 6.07) is -0.472. The van der Waals surface area contributed by atoms with Crippen LogP contribution in [-0.2, 0) is 4.79 Å². The third-order valence-corrected chi connectivity index (χ3v) is 1.91. The van der Waals surface area contributed by atoms with Crippen molar-refractivity contribution in [3.63, 3.8) is 0 Å². The van der Waals surface area contributed by atoms with Gasteiger partial charge in [0.05, 0.1) is 6.10 Å². The molecule has 0 radical (unpaired) electrons. The largest absolute Gasteiger partial charge is 0.391 e. The molecule has 1 aliphatic rings. The van der Waals surface area contributed by atoms with Gasteiger partial charge in [-0.25, -0.2) is 0 Å². The first-order valence-corrected chi connectivity index (χ1v) is 3.30. The molecule has 1 saturated heterocycles. The van der Waals surface area contributed by atoms with Crippen LogP contribution in [0, 0.1) is 0 Å². The molecule has 1 rings (SSSR count). The first-order valence-electron chi connectivity index (χ1n) is 3.30. The highest BCUT2D eigenvalue weighted by molar-refractivity contribution is 5.80. The van der Waals surface area contributed by atoms with Crippen molar-refractivity contribution in [2.75, 3.05) is 13.6 Å². The second kappa shape index (κ2) is 2.56. The average molecular weight is 144 g/mol. The summed E-state index contributed by atoms with van der Waals surface area (Å²) in [6.07, 6.45) is 0.0758. The number of primary amides is 1. The molecule has 58 valence electrons. The number of carbonyl (C=O) groups excluding carboxylic acids is 1.